The first-order chi connectivity index (χ1) is 8.49. The molecule has 1 aromatic rings. The average molecular weight is 358 g/mol. The van der Waals surface area contributed by atoms with Gasteiger partial charge in [-0.1, -0.05) is 18.2 Å². The third-order valence-electron chi connectivity index (χ3n) is 1.58. The van der Waals surface area contributed by atoms with Crippen molar-refractivity contribution in [2.45, 2.75) is 0 Å². The maximum atomic E-state index is 9.35. The summed E-state index contributed by atoms with van der Waals surface area (Å²) in [5.41, 5.74) is 3.80. The molecule has 0 bridgehead atoms. The fraction of sp³-hybridized carbons (Fsp3) is 0. The van der Waals surface area contributed by atoms with Crippen LogP contribution in [-0.4, -0.2) is 17.5 Å². The first-order valence-electron chi connectivity index (χ1n) is 4.28. The molecule has 1 heterocycles. The van der Waals surface area contributed by atoms with Crippen molar-refractivity contribution in [3.8, 4) is 5.75 Å². The van der Waals surface area contributed by atoms with Crippen LogP contribution in [-0.2, 0) is 26.4 Å². The van der Waals surface area contributed by atoms with Gasteiger partial charge in [-0.25, -0.2) is 5.48 Å². The standard InChI is InChI=1S/C8H6BrNO.H2O5S2/c9-8-5-6-3-1-2-4-7(6)11-10-8;1-6(2)5-7(3)4/h1-5,10H;(H,1,2)(H,3,4). The molecule has 10 heteroatoms. The van der Waals surface area contributed by atoms with Gasteiger partial charge in [0.15, 0.2) is 5.75 Å². The molecule has 18 heavy (non-hydrogen) atoms. The van der Waals surface area contributed by atoms with E-state index in [1.165, 1.54) is 0 Å². The third kappa shape index (κ3) is 5.71. The van der Waals surface area contributed by atoms with Gasteiger partial charge in [-0.05, 0) is 28.1 Å². The van der Waals surface area contributed by atoms with Crippen molar-refractivity contribution in [1.29, 1.82) is 0 Å². The van der Waals surface area contributed by atoms with Gasteiger partial charge in [0, 0.05) is 5.56 Å². The molecule has 1 aromatic carbocycles. The smallest absolute Gasteiger partial charge is 0.317 e. The summed E-state index contributed by atoms with van der Waals surface area (Å²) in [6.45, 7) is 0. The Labute approximate surface area is 116 Å². The number of hydrogen-bond acceptors (Lipinski definition) is 5. The predicted octanol–water partition coefficient (Wildman–Crippen LogP) is 1.55. The highest BCUT2D eigenvalue weighted by Gasteiger charge is 2.06. The van der Waals surface area contributed by atoms with E-state index in [-0.39, 0.29) is 0 Å². The Bertz CT molecular complexity index is 482. The molecule has 2 rings (SSSR count). The van der Waals surface area contributed by atoms with Crippen molar-refractivity contribution in [1.82, 2.24) is 5.48 Å². The van der Waals surface area contributed by atoms with E-state index in [0.29, 0.717) is 0 Å². The minimum Gasteiger partial charge on any atom is -0.381 e. The van der Waals surface area contributed by atoms with Crippen LogP contribution in [0.3, 0.4) is 0 Å². The second-order valence-electron chi connectivity index (χ2n) is 2.74. The second kappa shape index (κ2) is 7.61. The Morgan fingerprint density at radius 3 is 2.39 bits per heavy atom. The number of benzene rings is 1. The van der Waals surface area contributed by atoms with Crippen LogP contribution >= 0.6 is 15.9 Å². The minimum absolute atomic E-state index is 0.844. The molecular weight excluding hydrogens is 350 g/mol. The lowest BCUT2D eigenvalue weighted by atomic mass is 10.2. The Morgan fingerprint density at radius 1 is 1.22 bits per heavy atom. The van der Waals surface area contributed by atoms with Gasteiger partial charge in [-0.15, -0.1) is 3.63 Å². The predicted molar refractivity (Wildman–Crippen MR) is 69.7 cm³/mol. The number of nitrogens with one attached hydrogen (secondary N) is 1. The summed E-state index contributed by atoms with van der Waals surface area (Å²) >= 11 is -2.01. The van der Waals surface area contributed by atoms with Gasteiger partial charge < -0.3 is 4.84 Å². The van der Waals surface area contributed by atoms with Crippen LogP contribution in [0.2, 0.25) is 0 Å². The van der Waals surface area contributed by atoms with Crippen molar-refractivity contribution >= 4 is 44.7 Å². The Balaban J connectivity index is 0.000000203. The lowest BCUT2D eigenvalue weighted by molar-refractivity contribution is 0.236. The molecule has 0 atom stereocenters. The number of rotatable bonds is 2. The highest BCUT2D eigenvalue weighted by atomic mass is 79.9. The van der Waals surface area contributed by atoms with Gasteiger partial charge in [0.1, 0.15) is 4.61 Å². The van der Waals surface area contributed by atoms with Gasteiger partial charge in [-0.2, -0.15) is 8.42 Å². The van der Waals surface area contributed by atoms with E-state index >= 15 is 0 Å². The topological polar surface area (TPSA) is 105 Å². The van der Waals surface area contributed by atoms with Crippen LogP contribution in [0.25, 0.3) is 6.08 Å². The molecule has 0 unspecified atom stereocenters. The first kappa shape index (κ1) is 15.3. The molecule has 0 saturated heterocycles. The quantitative estimate of drug-likeness (QED) is 0.544. The zero-order valence-corrected chi connectivity index (χ0v) is 11.8. The normalized spacial score (nSPS) is 15.8. The van der Waals surface area contributed by atoms with Crippen LogP contribution in [0, 0.1) is 0 Å². The van der Waals surface area contributed by atoms with E-state index < -0.39 is 22.7 Å². The van der Waals surface area contributed by atoms with Crippen LogP contribution in [0.1, 0.15) is 5.56 Å². The molecule has 0 saturated carbocycles. The highest BCUT2D eigenvalue weighted by Crippen LogP contribution is 2.24. The van der Waals surface area contributed by atoms with Crippen LogP contribution in [0.15, 0.2) is 28.9 Å². The van der Waals surface area contributed by atoms with Crippen molar-refractivity contribution in [2.24, 2.45) is 0 Å². The number of fused-ring (bicyclic) bond motifs is 1. The lowest BCUT2D eigenvalue weighted by Crippen LogP contribution is -2.17. The fourth-order valence-electron chi connectivity index (χ4n) is 1.01. The molecule has 0 fully saturated rings. The zero-order chi connectivity index (χ0) is 13.5. The summed E-state index contributed by atoms with van der Waals surface area (Å²) in [4.78, 5) is 5.17. The molecule has 0 amide bonds. The molecule has 0 radical (unpaired) electrons. The zero-order valence-electron chi connectivity index (χ0n) is 8.61. The van der Waals surface area contributed by atoms with E-state index in [1.54, 1.807) is 0 Å². The molecule has 100 valence electrons. The maximum Gasteiger partial charge on any atom is 0.317 e. The highest BCUT2D eigenvalue weighted by molar-refractivity contribution is 9.11. The van der Waals surface area contributed by atoms with E-state index in [2.05, 4.69) is 25.0 Å². The summed E-state index contributed by atoms with van der Waals surface area (Å²) in [5.74, 6) is 0.857. The van der Waals surface area contributed by atoms with Crippen LogP contribution < -0.4 is 10.3 Å². The van der Waals surface area contributed by atoms with Gasteiger partial charge in [0.25, 0.3) is 0 Å². The monoisotopic (exact) mass is 357 g/mol. The summed E-state index contributed by atoms with van der Waals surface area (Å²) in [6.07, 6.45) is 1.97. The molecule has 1 aliphatic rings. The lowest BCUT2D eigenvalue weighted by Gasteiger charge is -2.14. The second-order valence-corrected chi connectivity index (χ2v) is 5.00. The van der Waals surface area contributed by atoms with Crippen molar-refractivity contribution in [3.05, 3.63) is 34.4 Å². The summed E-state index contributed by atoms with van der Waals surface area (Å²) in [7, 11) is 0. The molecule has 1 aliphatic heterocycles. The fourth-order valence-corrected chi connectivity index (χ4v) is 1.74. The minimum atomic E-state index is -2.65. The van der Waals surface area contributed by atoms with E-state index in [1.807, 2.05) is 30.3 Å². The number of para-hydroxylation sites is 1. The maximum absolute atomic E-state index is 9.35. The van der Waals surface area contributed by atoms with Gasteiger partial charge in [-0.3, -0.25) is 9.11 Å². The average Bonchev–Trinajstić information content (AvgIpc) is 2.27. The molecule has 0 aromatic heterocycles. The number of halogens is 1. The number of hydroxylamine groups is 1. The van der Waals surface area contributed by atoms with Crippen molar-refractivity contribution in [3.63, 3.8) is 0 Å². The van der Waals surface area contributed by atoms with E-state index in [9.17, 15) is 8.42 Å². The first-order valence-corrected chi connectivity index (χ1v) is 7.14. The van der Waals surface area contributed by atoms with Crippen molar-refractivity contribution in [2.75, 3.05) is 0 Å². The van der Waals surface area contributed by atoms with Gasteiger partial charge in [0.2, 0.25) is 0 Å². The largest absolute Gasteiger partial charge is 0.381 e. The van der Waals surface area contributed by atoms with Crippen molar-refractivity contribution < 1.29 is 26.0 Å². The summed E-state index contributed by atoms with van der Waals surface area (Å²) in [6, 6.07) is 7.83. The third-order valence-corrected chi connectivity index (χ3v) is 2.90. The molecule has 7 nitrogen and oxygen atoms in total. The van der Waals surface area contributed by atoms with E-state index in [0.717, 1.165) is 15.9 Å². The van der Waals surface area contributed by atoms with Gasteiger partial charge in [0.05, 0.1) is 0 Å². The van der Waals surface area contributed by atoms with Crippen LogP contribution in [0.4, 0.5) is 0 Å². The summed E-state index contributed by atoms with van der Waals surface area (Å²) < 4.78 is 38.1. The molecule has 3 N–H and O–H groups in total. The SMILES string of the molecule is BrC1=Cc2ccccc2ON1.O=S(O)OS(=O)O. The number of hydrogen-bond donors (Lipinski definition) is 3. The molecule has 0 aliphatic carbocycles. The Kier molecular flexibility index (Phi) is 6.46. The molecule has 0 spiro atoms. The Morgan fingerprint density at radius 2 is 1.83 bits per heavy atom. The van der Waals surface area contributed by atoms with Crippen LogP contribution in [0.5, 0.6) is 5.75 Å². The van der Waals surface area contributed by atoms with Gasteiger partial charge >= 0.3 is 22.7 Å². The van der Waals surface area contributed by atoms with E-state index in [4.69, 9.17) is 13.9 Å². The summed E-state index contributed by atoms with van der Waals surface area (Å²) in [5, 5.41) is 0. The Hall–Kier alpha value is -0.780. The molecular formula is C8H8BrNO6S2.